The second-order valence-electron chi connectivity index (χ2n) is 4.40. The first kappa shape index (κ1) is 13.1. The van der Waals surface area contributed by atoms with Gasteiger partial charge in [-0.1, -0.05) is 34.1 Å². The molecule has 1 aliphatic heterocycles. The first-order chi connectivity index (χ1) is 8.07. The number of nitrogens with one attached hydrogen (secondary N) is 1. The summed E-state index contributed by atoms with van der Waals surface area (Å²) in [5.74, 6) is 0.640. The third kappa shape index (κ3) is 3.79. The summed E-state index contributed by atoms with van der Waals surface area (Å²) in [5.41, 5.74) is 1.21. The van der Waals surface area contributed by atoms with E-state index in [2.05, 4.69) is 27.3 Å². The quantitative estimate of drug-likeness (QED) is 0.928. The number of rotatable bonds is 3. The largest absolute Gasteiger partial charge is 0.310 e. The topological polar surface area (TPSA) is 46.2 Å². The minimum Gasteiger partial charge on any atom is -0.310 e. The third-order valence-corrected chi connectivity index (χ3v) is 5.58. The van der Waals surface area contributed by atoms with Crippen molar-refractivity contribution in [1.29, 1.82) is 0 Å². The van der Waals surface area contributed by atoms with Crippen LogP contribution in [0.5, 0.6) is 0 Å². The maximum atomic E-state index is 11.3. The molecule has 3 nitrogen and oxygen atoms in total. The first-order valence-corrected chi connectivity index (χ1v) is 8.35. The molecular formula is C12H16BrNO2S. The Hall–Kier alpha value is -0.390. The Morgan fingerprint density at radius 1 is 1.24 bits per heavy atom. The van der Waals surface area contributed by atoms with E-state index in [-0.39, 0.29) is 0 Å². The maximum absolute atomic E-state index is 11.3. The van der Waals surface area contributed by atoms with Crippen LogP contribution in [-0.2, 0) is 16.4 Å². The Morgan fingerprint density at radius 3 is 2.53 bits per heavy atom. The van der Waals surface area contributed by atoms with Crippen molar-refractivity contribution < 1.29 is 8.42 Å². The molecule has 1 aromatic carbocycles. The van der Waals surface area contributed by atoms with Gasteiger partial charge < -0.3 is 5.32 Å². The highest BCUT2D eigenvalue weighted by Crippen LogP contribution is 2.17. The van der Waals surface area contributed by atoms with Crippen molar-refractivity contribution in [3.8, 4) is 0 Å². The first-order valence-electron chi connectivity index (χ1n) is 5.74. The minimum atomic E-state index is -2.76. The van der Waals surface area contributed by atoms with Crippen LogP contribution in [0.15, 0.2) is 28.7 Å². The Bertz CT molecular complexity index is 473. The summed E-state index contributed by atoms with van der Waals surface area (Å²) < 4.78 is 23.7. The molecule has 0 amide bonds. The van der Waals surface area contributed by atoms with Gasteiger partial charge in [-0.05, 0) is 24.5 Å². The molecule has 0 saturated carbocycles. The Morgan fingerprint density at radius 2 is 1.88 bits per heavy atom. The highest BCUT2D eigenvalue weighted by Gasteiger charge is 2.22. The van der Waals surface area contributed by atoms with Crippen LogP contribution < -0.4 is 5.32 Å². The van der Waals surface area contributed by atoms with E-state index in [1.165, 1.54) is 5.56 Å². The van der Waals surface area contributed by atoms with Crippen LogP contribution in [-0.4, -0.2) is 26.0 Å². The molecule has 0 unspecified atom stereocenters. The standard InChI is InChI=1S/C12H16BrNO2S/c13-12-4-2-1-3-10(12)9-14-11-5-7-17(15,16)8-6-11/h1-4,11,14H,5-9H2. The molecule has 5 heteroatoms. The molecule has 0 atom stereocenters. The summed E-state index contributed by atoms with van der Waals surface area (Å²) >= 11 is 3.50. The number of hydrogen-bond donors (Lipinski definition) is 1. The molecule has 0 bridgehead atoms. The molecule has 0 aliphatic carbocycles. The van der Waals surface area contributed by atoms with E-state index in [4.69, 9.17) is 0 Å². The molecule has 17 heavy (non-hydrogen) atoms. The van der Waals surface area contributed by atoms with E-state index in [0.717, 1.165) is 23.9 Å². The van der Waals surface area contributed by atoms with Crippen molar-refractivity contribution >= 4 is 25.8 Å². The van der Waals surface area contributed by atoms with Gasteiger partial charge in [-0.2, -0.15) is 0 Å². The van der Waals surface area contributed by atoms with Gasteiger partial charge in [-0.3, -0.25) is 0 Å². The maximum Gasteiger partial charge on any atom is 0.150 e. The van der Waals surface area contributed by atoms with Gasteiger partial charge in [-0.25, -0.2) is 8.42 Å². The number of halogens is 1. The van der Waals surface area contributed by atoms with Crippen molar-refractivity contribution in [3.05, 3.63) is 34.3 Å². The monoisotopic (exact) mass is 317 g/mol. The third-order valence-electron chi connectivity index (χ3n) is 3.09. The lowest BCUT2D eigenvalue weighted by Crippen LogP contribution is -2.37. The van der Waals surface area contributed by atoms with Crippen molar-refractivity contribution in [1.82, 2.24) is 5.32 Å². The number of hydrogen-bond acceptors (Lipinski definition) is 3. The van der Waals surface area contributed by atoms with Gasteiger partial charge in [-0.15, -0.1) is 0 Å². The van der Waals surface area contributed by atoms with E-state index >= 15 is 0 Å². The van der Waals surface area contributed by atoms with Gasteiger partial charge in [0, 0.05) is 17.1 Å². The molecule has 0 aromatic heterocycles. The zero-order valence-corrected chi connectivity index (χ0v) is 11.9. The minimum absolute atomic E-state index is 0.320. The smallest absolute Gasteiger partial charge is 0.150 e. The Kier molecular flexibility index (Phi) is 4.22. The molecule has 94 valence electrons. The summed E-state index contributed by atoms with van der Waals surface area (Å²) in [4.78, 5) is 0. The summed E-state index contributed by atoms with van der Waals surface area (Å²) in [6.45, 7) is 0.784. The van der Waals surface area contributed by atoms with Gasteiger partial charge in [0.2, 0.25) is 0 Å². The van der Waals surface area contributed by atoms with Gasteiger partial charge in [0.05, 0.1) is 11.5 Å². The number of benzene rings is 1. The molecule has 1 heterocycles. The lowest BCUT2D eigenvalue weighted by atomic mass is 10.1. The lowest BCUT2D eigenvalue weighted by molar-refractivity contribution is 0.462. The fourth-order valence-corrected chi connectivity index (χ4v) is 3.91. The van der Waals surface area contributed by atoms with E-state index < -0.39 is 9.84 Å². The molecule has 1 N–H and O–H groups in total. The summed E-state index contributed by atoms with van der Waals surface area (Å²) in [6, 6.07) is 8.40. The molecule has 1 fully saturated rings. The van der Waals surface area contributed by atoms with Crippen molar-refractivity contribution in [2.75, 3.05) is 11.5 Å². The Labute approximate surface area is 111 Å². The molecule has 0 radical (unpaired) electrons. The zero-order valence-electron chi connectivity index (χ0n) is 9.52. The summed E-state index contributed by atoms with van der Waals surface area (Å²) in [5, 5.41) is 3.42. The lowest BCUT2D eigenvalue weighted by Gasteiger charge is -2.23. The molecule has 0 spiro atoms. The van der Waals surface area contributed by atoms with Crippen LogP contribution >= 0.6 is 15.9 Å². The molecular weight excluding hydrogens is 302 g/mol. The predicted molar refractivity (Wildman–Crippen MR) is 72.7 cm³/mol. The summed E-state index contributed by atoms with van der Waals surface area (Å²) in [7, 11) is -2.76. The van der Waals surface area contributed by atoms with Crippen LogP contribution in [0.3, 0.4) is 0 Å². The van der Waals surface area contributed by atoms with Crippen LogP contribution in [0.2, 0.25) is 0 Å². The van der Waals surface area contributed by atoms with E-state index in [9.17, 15) is 8.42 Å². The molecule has 2 rings (SSSR count). The molecule has 1 saturated heterocycles. The van der Waals surface area contributed by atoms with E-state index in [0.29, 0.717) is 17.5 Å². The Balaban J connectivity index is 1.86. The highest BCUT2D eigenvalue weighted by molar-refractivity contribution is 9.10. The fourth-order valence-electron chi connectivity index (χ4n) is 1.99. The normalized spacial score (nSPS) is 20.3. The average Bonchev–Trinajstić information content (AvgIpc) is 2.30. The average molecular weight is 318 g/mol. The van der Waals surface area contributed by atoms with Crippen LogP contribution in [0.1, 0.15) is 18.4 Å². The van der Waals surface area contributed by atoms with Gasteiger partial charge in [0.1, 0.15) is 9.84 Å². The van der Waals surface area contributed by atoms with E-state index in [1.807, 2.05) is 18.2 Å². The van der Waals surface area contributed by atoms with Gasteiger partial charge >= 0.3 is 0 Å². The second-order valence-corrected chi connectivity index (χ2v) is 7.56. The van der Waals surface area contributed by atoms with Crippen molar-refractivity contribution in [2.45, 2.75) is 25.4 Å². The second kappa shape index (κ2) is 5.50. The predicted octanol–water partition coefficient (Wildman–Crippen LogP) is 2.12. The van der Waals surface area contributed by atoms with Gasteiger partial charge in [0.25, 0.3) is 0 Å². The van der Waals surface area contributed by atoms with Gasteiger partial charge in [0.15, 0.2) is 0 Å². The zero-order chi connectivity index (χ0) is 12.3. The van der Waals surface area contributed by atoms with Crippen molar-refractivity contribution in [2.24, 2.45) is 0 Å². The fraction of sp³-hybridized carbons (Fsp3) is 0.500. The number of sulfone groups is 1. The van der Waals surface area contributed by atoms with Crippen LogP contribution in [0.25, 0.3) is 0 Å². The summed E-state index contributed by atoms with van der Waals surface area (Å²) in [6.07, 6.45) is 1.46. The van der Waals surface area contributed by atoms with E-state index in [1.54, 1.807) is 0 Å². The SMILES string of the molecule is O=S1(=O)CCC(NCc2ccccc2Br)CC1. The molecule has 1 aliphatic rings. The van der Waals surface area contributed by atoms with Crippen molar-refractivity contribution in [3.63, 3.8) is 0 Å². The highest BCUT2D eigenvalue weighted by atomic mass is 79.9. The van der Waals surface area contributed by atoms with Crippen LogP contribution in [0.4, 0.5) is 0 Å². The van der Waals surface area contributed by atoms with Crippen LogP contribution in [0, 0.1) is 0 Å². The molecule has 1 aromatic rings.